The van der Waals surface area contributed by atoms with Gasteiger partial charge in [-0.15, -0.1) is 0 Å². The number of amides is 1. The summed E-state index contributed by atoms with van der Waals surface area (Å²) in [5, 5.41) is 14.3. The van der Waals surface area contributed by atoms with Crippen LogP contribution in [0.3, 0.4) is 0 Å². The van der Waals surface area contributed by atoms with Gasteiger partial charge < -0.3 is 10.0 Å². The molecule has 0 bridgehead atoms. The van der Waals surface area contributed by atoms with Crippen molar-refractivity contribution in [3.8, 4) is 0 Å². The molecular weight excluding hydrogens is 328 g/mol. The van der Waals surface area contributed by atoms with Gasteiger partial charge in [0, 0.05) is 30.4 Å². The second-order valence-corrected chi connectivity index (χ2v) is 6.57. The quantitative estimate of drug-likeness (QED) is 0.924. The zero-order chi connectivity index (χ0) is 18.3. The molecule has 1 saturated heterocycles. The highest BCUT2D eigenvalue weighted by Gasteiger charge is 2.37. The molecule has 1 amide bonds. The number of nitrogens with zero attached hydrogens (tertiary/aromatic N) is 3. The van der Waals surface area contributed by atoms with Gasteiger partial charge in [-0.05, 0) is 38.5 Å². The maximum atomic E-state index is 14.1. The van der Waals surface area contributed by atoms with Crippen molar-refractivity contribution in [2.24, 2.45) is 7.05 Å². The van der Waals surface area contributed by atoms with E-state index in [9.17, 15) is 18.7 Å². The van der Waals surface area contributed by atoms with Crippen molar-refractivity contribution < 1.29 is 18.7 Å². The zero-order valence-corrected chi connectivity index (χ0v) is 14.5. The topological polar surface area (TPSA) is 58.4 Å². The van der Waals surface area contributed by atoms with E-state index in [1.54, 1.807) is 11.7 Å². The van der Waals surface area contributed by atoms with Crippen LogP contribution < -0.4 is 0 Å². The molecule has 134 valence electrons. The van der Waals surface area contributed by atoms with E-state index in [1.807, 2.05) is 13.8 Å². The fourth-order valence-electron chi connectivity index (χ4n) is 3.48. The van der Waals surface area contributed by atoms with Crippen molar-refractivity contribution in [2.75, 3.05) is 6.54 Å². The van der Waals surface area contributed by atoms with Crippen molar-refractivity contribution in [1.29, 1.82) is 0 Å². The molecule has 0 radical (unpaired) electrons. The Morgan fingerprint density at radius 3 is 2.72 bits per heavy atom. The molecule has 1 aromatic heterocycles. The molecule has 3 rings (SSSR count). The lowest BCUT2D eigenvalue weighted by Crippen LogP contribution is -2.33. The molecule has 2 heterocycles. The van der Waals surface area contributed by atoms with Gasteiger partial charge in [0.15, 0.2) is 0 Å². The maximum Gasteiger partial charge on any atom is 0.227 e. The van der Waals surface area contributed by atoms with Crippen LogP contribution in [0.5, 0.6) is 0 Å². The van der Waals surface area contributed by atoms with Gasteiger partial charge >= 0.3 is 0 Å². The number of likely N-dealkylation sites (tertiary alicyclic amines) is 1. The van der Waals surface area contributed by atoms with Crippen molar-refractivity contribution in [3.05, 3.63) is 52.3 Å². The number of halogens is 2. The molecule has 1 N–H and O–H groups in total. The highest BCUT2D eigenvalue weighted by Crippen LogP contribution is 2.34. The molecular formula is C18H21F2N3O2. The first-order chi connectivity index (χ1) is 11.8. The Labute approximate surface area is 144 Å². The molecule has 0 unspecified atom stereocenters. The largest absolute Gasteiger partial charge is 0.391 e. The highest BCUT2D eigenvalue weighted by molar-refractivity contribution is 5.80. The lowest BCUT2D eigenvalue weighted by molar-refractivity contribution is -0.131. The molecule has 7 heteroatoms. The predicted octanol–water partition coefficient (Wildman–Crippen LogP) is 2.19. The summed E-state index contributed by atoms with van der Waals surface area (Å²) in [4.78, 5) is 14.3. The number of rotatable bonds is 3. The molecule has 0 saturated carbocycles. The van der Waals surface area contributed by atoms with Gasteiger partial charge in [-0.25, -0.2) is 8.78 Å². The number of carbonyl (C=O) groups excluding carboxylic acids is 1. The third-order valence-corrected chi connectivity index (χ3v) is 4.90. The fourth-order valence-corrected chi connectivity index (χ4v) is 3.48. The first kappa shape index (κ1) is 17.5. The van der Waals surface area contributed by atoms with Gasteiger partial charge in [0.2, 0.25) is 5.91 Å². The number of aliphatic hydroxyl groups excluding tert-OH is 1. The Bertz CT molecular complexity index is 819. The number of aryl methyl sites for hydroxylation is 2. The summed E-state index contributed by atoms with van der Waals surface area (Å²) in [5.41, 5.74) is 2.58. The van der Waals surface area contributed by atoms with Crippen LogP contribution in [0.1, 0.15) is 35.0 Å². The average molecular weight is 349 g/mol. The number of aliphatic hydroxyl groups is 1. The van der Waals surface area contributed by atoms with E-state index < -0.39 is 23.8 Å². The van der Waals surface area contributed by atoms with Crippen LogP contribution in [0.4, 0.5) is 8.78 Å². The molecule has 2 aromatic rings. The van der Waals surface area contributed by atoms with Gasteiger partial charge in [0.25, 0.3) is 0 Å². The van der Waals surface area contributed by atoms with Crippen molar-refractivity contribution in [2.45, 2.75) is 38.8 Å². The van der Waals surface area contributed by atoms with Crippen molar-refractivity contribution in [1.82, 2.24) is 14.7 Å². The molecule has 2 atom stereocenters. The Hall–Kier alpha value is -2.28. The smallest absolute Gasteiger partial charge is 0.227 e. The Morgan fingerprint density at radius 1 is 1.36 bits per heavy atom. The second kappa shape index (κ2) is 6.55. The normalized spacial score (nSPS) is 20.3. The van der Waals surface area contributed by atoms with Gasteiger partial charge in [0.05, 0.1) is 24.3 Å². The second-order valence-electron chi connectivity index (χ2n) is 6.57. The van der Waals surface area contributed by atoms with Crippen LogP contribution >= 0.6 is 0 Å². The predicted molar refractivity (Wildman–Crippen MR) is 87.8 cm³/mol. The third-order valence-electron chi connectivity index (χ3n) is 4.90. The Balaban J connectivity index is 1.89. The van der Waals surface area contributed by atoms with E-state index in [4.69, 9.17) is 0 Å². The minimum atomic E-state index is -0.757. The minimum absolute atomic E-state index is 0.101. The zero-order valence-electron chi connectivity index (χ0n) is 14.5. The third kappa shape index (κ3) is 3.28. The van der Waals surface area contributed by atoms with Crippen molar-refractivity contribution >= 4 is 5.91 Å². The Morgan fingerprint density at radius 2 is 2.08 bits per heavy atom. The molecule has 5 nitrogen and oxygen atoms in total. The number of carbonyl (C=O) groups is 1. The Kier molecular flexibility index (Phi) is 4.60. The van der Waals surface area contributed by atoms with Gasteiger partial charge in [-0.3, -0.25) is 9.48 Å². The minimum Gasteiger partial charge on any atom is -0.391 e. The first-order valence-corrected chi connectivity index (χ1v) is 8.19. The maximum absolute atomic E-state index is 14.1. The lowest BCUT2D eigenvalue weighted by atomic mass is 10.0. The number of hydrogen-bond donors (Lipinski definition) is 1. The molecule has 0 spiro atoms. The van der Waals surface area contributed by atoms with Gasteiger partial charge in [0.1, 0.15) is 11.6 Å². The molecule has 0 aliphatic carbocycles. The highest BCUT2D eigenvalue weighted by atomic mass is 19.1. The first-order valence-electron chi connectivity index (χ1n) is 8.19. The molecule has 1 aliphatic rings. The van der Waals surface area contributed by atoms with E-state index in [1.165, 1.54) is 4.90 Å². The SMILES string of the molecule is Cc1nn(C)c(C)c1CC(=O)N1C[C@@H](O)C[C@@H]1c1cc(F)ccc1F. The molecule has 25 heavy (non-hydrogen) atoms. The standard InChI is InChI=1S/C18H21F2N3O2/c1-10-14(11(2)22(3)21-10)8-18(25)23-9-13(24)7-17(23)15-6-12(19)4-5-16(15)20/h4-6,13,17,24H,7-9H2,1-3H3/t13-,17+/m0/s1. The van der Waals surface area contributed by atoms with E-state index in [-0.39, 0.29) is 30.9 Å². The van der Waals surface area contributed by atoms with Gasteiger partial charge in [-0.1, -0.05) is 0 Å². The fraction of sp³-hybridized carbons (Fsp3) is 0.444. The summed E-state index contributed by atoms with van der Waals surface area (Å²) >= 11 is 0. The monoisotopic (exact) mass is 349 g/mol. The summed E-state index contributed by atoms with van der Waals surface area (Å²) in [6, 6.07) is 2.51. The average Bonchev–Trinajstić information content (AvgIpc) is 3.05. The van der Waals surface area contributed by atoms with E-state index >= 15 is 0 Å². The summed E-state index contributed by atoms with van der Waals surface area (Å²) in [7, 11) is 1.81. The lowest BCUT2D eigenvalue weighted by Gasteiger charge is -2.25. The summed E-state index contributed by atoms with van der Waals surface area (Å²) < 4.78 is 29.4. The van der Waals surface area contributed by atoms with Crippen LogP contribution in [0, 0.1) is 25.5 Å². The molecule has 1 fully saturated rings. The van der Waals surface area contributed by atoms with Crippen LogP contribution in [-0.2, 0) is 18.3 Å². The van der Waals surface area contributed by atoms with Crippen LogP contribution in [-0.4, -0.2) is 38.3 Å². The van der Waals surface area contributed by atoms with Crippen molar-refractivity contribution in [3.63, 3.8) is 0 Å². The number of β-amino-alcohol motifs (C(OH)–C–C–N with tert-alkyl or cyclic N) is 1. The number of benzene rings is 1. The summed E-state index contributed by atoms with van der Waals surface area (Å²) in [6.45, 7) is 3.82. The molecule has 1 aliphatic heterocycles. The van der Waals surface area contributed by atoms with Crippen LogP contribution in [0.25, 0.3) is 0 Å². The number of hydrogen-bond acceptors (Lipinski definition) is 3. The van der Waals surface area contributed by atoms with Crippen LogP contribution in [0.2, 0.25) is 0 Å². The van der Waals surface area contributed by atoms with E-state index in [0.717, 1.165) is 35.2 Å². The van der Waals surface area contributed by atoms with Gasteiger partial charge in [-0.2, -0.15) is 5.10 Å². The molecule has 1 aromatic carbocycles. The summed E-state index contributed by atoms with van der Waals surface area (Å²) in [6.07, 6.45) is -0.448. The van der Waals surface area contributed by atoms with E-state index in [0.29, 0.717) is 0 Å². The number of aromatic nitrogens is 2. The summed E-state index contributed by atoms with van der Waals surface area (Å²) in [5.74, 6) is -1.37. The van der Waals surface area contributed by atoms with E-state index in [2.05, 4.69) is 5.10 Å². The van der Waals surface area contributed by atoms with Crippen LogP contribution in [0.15, 0.2) is 18.2 Å².